The molecule has 124 valence electrons. The van der Waals surface area contributed by atoms with Crippen LogP contribution in [-0.2, 0) is 16.1 Å². The Morgan fingerprint density at radius 3 is 2.55 bits per heavy atom. The van der Waals surface area contributed by atoms with Crippen LogP contribution < -0.4 is 10.5 Å². The standard InChI is InChI=1S/C14H19F3N2O3/c1-19(13(20)7-11(8-18)21-2)9-10-5-3-4-6-12(10)22-14(15,16)17/h3-6,11H,7-9,18H2,1-2H3. The van der Waals surface area contributed by atoms with Crippen molar-refractivity contribution in [2.24, 2.45) is 5.73 Å². The van der Waals surface area contributed by atoms with Crippen molar-refractivity contribution in [3.63, 3.8) is 0 Å². The number of amides is 1. The van der Waals surface area contributed by atoms with E-state index in [9.17, 15) is 18.0 Å². The van der Waals surface area contributed by atoms with Gasteiger partial charge in [-0.05, 0) is 6.07 Å². The van der Waals surface area contributed by atoms with Crippen molar-refractivity contribution < 1.29 is 27.4 Å². The lowest BCUT2D eigenvalue weighted by atomic mass is 10.1. The number of benzene rings is 1. The summed E-state index contributed by atoms with van der Waals surface area (Å²) in [5, 5.41) is 0. The molecule has 0 radical (unpaired) electrons. The lowest BCUT2D eigenvalue weighted by Gasteiger charge is -2.21. The summed E-state index contributed by atoms with van der Waals surface area (Å²) in [5.41, 5.74) is 5.70. The van der Waals surface area contributed by atoms with Crippen molar-refractivity contribution in [2.75, 3.05) is 20.7 Å². The highest BCUT2D eigenvalue weighted by molar-refractivity contribution is 5.76. The minimum atomic E-state index is -4.78. The molecule has 1 atom stereocenters. The van der Waals surface area contributed by atoms with Crippen LogP contribution in [0.25, 0.3) is 0 Å². The van der Waals surface area contributed by atoms with Crippen LogP contribution in [0, 0.1) is 0 Å². The molecule has 0 spiro atoms. The largest absolute Gasteiger partial charge is 0.573 e. The van der Waals surface area contributed by atoms with Gasteiger partial charge in [-0.1, -0.05) is 18.2 Å². The minimum Gasteiger partial charge on any atom is -0.405 e. The zero-order chi connectivity index (χ0) is 16.8. The number of ether oxygens (including phenoxy) is 2. The second kappa shape index (κ2) is 8.00. The van der Waals surface area contributed by atoms with Crippen LogP contribution in [-0.4, -0.2) is 44.0 Å². The Kier molecular flexibility index (Phi) is 6.63. The molecule has 0 heterocycles. The molecule has 0 saturated carbocycles. The fourth-order valence-corrected chi connectivity index (χ4v) is 1.82. The number of nitrogens with two attached hydrogens (primary N) is 1. The monoisotopic (exact) mass is 320 g/mol. The zero-order valence-corrected chi connectivity index (χ0v) is 12.4. The van der Waals surface area contributed by atoms with Crippen molar-refractivity contribution in [1.29, 1.82) is 0 Å². The summed E-state index contributed by atoms with van der Waals surface area (Å²) in [6.45, 7) is 0.177. The van der Waals surface area contributed by atoms with Crippen molar-refractivity contribution in [2.45, 2.75) is 25.4 Å². The number of nitrogens with zero attached hydrogens (tertiary/aromatic N) is 1. The first-order valence-corrected chi connectivity index (χ1v) is 6.57. The Balaban J connectivity index is 2.75. The Bertz CT molecular complexity index is 490. The van der Waals surface area contributed by atoms with Gasteiger partial charge in [0.2, 0.25) is 5.91 Å². The molecule has 5 nitrogen and oxygen atoms in total. The number of hydrogen-bond acceptors (Lipinski definition) is 4. The van der Waals surface area contributed by atoms with Gasteiger partial charge in [-0.3, -0.25) is 4.79 Å². The van der Waals surface area contributed by atoms with Crippen molar-refractivity contribution in [3.8, 4) is 5.75 Å². The van der Waals surface area contributed by atoms with E-state index in [0.717, 1.165) is 0 Å². The molecule has 1 unspecified atom stereocenters. The lowest BCUT2D eigenvalue weighted by Crippen LogP contribution is -2.33. The van der Waals surface area contributed by atoms with Crippen LogP contribution in [0.4, 0.5) is 13.2 Å². The normalized spacial score (nSPS) is 12.8. The van der Waals surface area contributed by atoms with Gasteiger partial charge in [0.05, 0.1) is 12.5 Å². The van der Waals surface area contributed by atoms with Crippen molar-refractivity contribution in [3.05, 3.63) is 29.8 Å². The number of alkyl halides is 3. The summed E-state index contributed by atoms with van der Waals surface area (Å²) < 4.78 is 46.0. The second-order valence-electron chi connectivity index (χ2n) is 4.70. The Hall–Kier alpha value is -1.80. The molecular weight excluding hydrogens is 301 g/mol. The van der Waals surface area contributed by atoms with Crippen LogP contribution in [0.2, 0.25) is 0 Å². The molecule has 0 aliphatic rings. The number of carbonyl (C=O) groups excluding carboxylic acids is 1. The van der Waals surface area contributed by atoms with Gasteiger partial charge in [-0.15, -0.1) is 13.2 Å². The average molecular weight is 320 g/mol. The molecule has 1 aromatic carbocycles. The fourth-order valence-electron chi connectivity index (χ4n) is 1.82. The number of hydrogen-bond donors (Lipinski definition) is 1. The summed E-state index contributed by atoms with van der Waals surface area (Å²) in [4.78, 5) is 13.3. The minimum absolute atomic E-state index is 0.00784. The van der Waals surface area contributed by atoms with E-state index in [0.29, 0.717) is 0 Å². The molecule has 1 aromatic rings. The van der Waals surface area contributed by atoms with E-state index < -0.39 is 12.5 Å². The van der Waals surface area contributed by atoms with E-state index in [1.165, 1.54) is 37.3 Å². The molecule has 22 heavy (non-hydrogen) atoms. The Morgan fingerprint density at radius 2 is 2.00 bits per heavy atom. The third kappa shape index (κ3) is 5.90. The summed E-state index contributed by atoms with van der Waals surface area (Å²) in [7, 11) is 2.94. The molecule has 0 aliphatic carbocycles. The molecular formula is C14H19F3N2O3. The highest BCUT2D eigenvalue weighted by Crippen LogP contribution is 2.27. The number of rotatable bonds is 7. The van der Waals surface area contributed by atoms with Gasteiger partial charge in [0.15, 0.2) is 0 Å². The molecule has 0 aliphatic heterocycles. The van der Waals surface area contributed by atoms with Gasteiger partial charge in [-0.25, -0.2) is 0 Å². The van der Waals surface area contributed by atoms with Gasteiger partial charge >= 0.3 is 6.36 Å². The predicted octanol–water partition coefficient (Wildman–Crippen LogP) is 1.91. The van der Waals surface area contributed by atoms with E-state index in [1.807, 2.05) is 0 Å². The van der Waals surface area contributed by atoms with E-state index in [-0.39, 0.29) is 36.7 Å². The van der Waals surface area contributed by atoms with Gasteiger partial charge in [-0.2, -0.15) is 0 Å². The van der Waals surface area contributed by atoms with E-state index >= 15 is 0 Å². The molecule has 8 heteroatoms. The number of methoxy groups -OCH3 is 1. The number of carbonyl (C=O) groups is 1. The van der Waals surface area contributed by atoms with Gasteiger partial charge in [0.1, 0.15) is 5.75 Å². The third-order valence-corrected chi connectivity index (χ3v) is 3.03. The quantitative estimate of drug-likeness (QED) is 0.833. The van der Waals surface area contributed by atoms with Crippen LogP contribution in [0.15, 0.2) is 24.3 Å². The van der Waals surface area contributed by atoms with E-state index in [4.69, 9.17) is 10.5 Å². The van der Waals surface area contributed by atoms with Crippen LogP contribution in [0.5, 0.6) is 5.75 Å². The second-order valence-corrected chi connectivity index (χ2v) is 4.70. The van der Waals surface area contributed by atoms with Crippen molar-refractivity contribution in [1.82, 2.24) is 4.90 Å². The van der Waals surface area contributed by atoms with Crippen molar-refractivity contribution >= 4 is 5.91 Å². The third-order valence-electron chi connectivity index (χ3n) is 3.03. The van der Waals surface area contributed by atoms with Crippen LogP contribution in [0.1, 0.15) is 12.0 Å². The average Bonchev–Trinajstić information content (AvgIpc) is 2.44. The lowest BCUT2D eigenvalue weighted by molar-refractivity contribution is -0.275. The fraction of sp³-hybridized carbons (Fsp3) is 0.500. The Labute approximate surface area is 126 Å². The maximum Gasteiger partial charge on any atom is 0.573 e. The molecule has 0 saturated heterocycles. The molecule has 0 aromatic heterocycles. The maximum absolute atomic E-state index is 12.3. The number of para-hydroxylation sites is 1. The summed E-state index contributed by atoms with van der Waals surface area (Å²) in [6.07, 6.45) is -5.14. The SMILES string of the molecule is COC(CN)CC(=O)N(C)Cc1ccccc1OC(F)(F)F. The molecule has 1 rings (SSSR count). The van der Waals surface area contributed by atoms with Gasteiger partial charge < -0.3 is 20.1 Å². The molecule has 2 N–H and O–H groups in total. The first-order valence-electron chi connectivity index (χ1n) is 6.57. The molecule has 1 amide bonds. The highest BCUT2D eigenvalue weighted by atomic mass is 19.4. The van der Waals surface area contributed by atoms with E-state index in [1.54, 1.807) is 6.07 Å². The Morgan fingerprint density at radius 1 is 1.36 bits per heavy atom. The van der Waals surface area contributed by atoms with Crippen LogP contribution >= 0.6 is 0 Å². The highest BCUT2D eigenvalue weighted by Gasteiger charge is 2.32. The smallest absolute Gasteiger partial charge is 0.405 e. The van der Waals surface area contributed by atoms with Gasteiger partial charge in [0.25, 0.3) is 0 Å². The summed E-state index contributed by atoms with van der Waals surface area (Å²) >= 11 is 0. The first kappa shape index (κ1) is 18.2. The maximum atomic E-state index is 12.3. The van der Waals surface area contributed by atoms with E-state index in [2.05, 4.69) is 4.74 Å². The topological polar surface area (TPSA) is 64.8 Å². The first-order chi connectivity index (χ1) is 10.3. The van der Waals surface area contributed by atoms with Crippen LogP contribution in [0.3, 0.4) is 0 Å². The summed E-state index contributed by atoms with van der Waals surface area (Å²) in [5.74, 6) is -0.601. The summed E-state index contributed by atoms with van der Waals surface area (Å²) in [6, 6.07) is 5.69. The molecule has 0 fully saturated rings. The van der Waals surface area contributed by atoms with Gasteiger partial charge in [0, 0.05) is 32.8 Å². The predicted molar refractivity (Wildman–Crippen MR) is 74.1 cm³/mol. The number of halogens is 3. The zero-order valence-electron chi connectivity index (χ0n) is 12.4. The molecule has 0 bridgehead atoms.